The second-order valence-corrected chi connectivity index (χ2v) is 5.99. The van der Waals surface area contributed by atoms with Gasteiger partial charge in [0.2, 0.25) is 0 Å². The Morgan fingerprint density at radius 2 is 1.78 bits per heavy atom. The second kappa shape index (κ2) is 4.20. The quantitative estimate of drug-likeness (QED) is 0.713. The molecule has 1 fully saturated rings. The van der Waals surface area contributed by atoms with Gasteiger partial charge in [0.15, 0.2) is 11.6 Å². The van der Waals surface area contributed by atoms with Crippen LogP contribution in [0.15, 0.2) is 18.2 Å². The molecule has 0 aromatic heterocycles. The molecule has 0 bridgehead atoms. The van der Waals surface area contributed by atoms with E-state index in [1.165, 1.54) is 0 Å². The standard InChI is InChI=1S/C15H15ClO2/c1-8-2-4-10-12(6-8)14(17)11-5-3-9(16)7-13(11)15(10)18/h3,5,7-8,10,12H,2,4,6H2,1H3. The van der Waals surface area contributed by atoms with E-state index in [1.807, 2.05) is 0 Å². The summed E-state index contributed by atoms with van der Waals surface area (Å²) in [4.78, 5) is 24.9. The van der Waals surface area contributed by atoms with Crippen molar-refractivity contribution in [3.8, 4) is 0 Å². The average Bonchev–Trinajstić information content (AvgIpc) is 2.36. The van der Waals surface area contributed by atoms with Gasteiger partial charge in [0.05, 0.1) is 0 Å². The molecule has 0 aliphatic heterocycles. The lowest BCUT2D eigenvalue weighted by Crippen LogP contribution is -2.40. The van der Waals surface area contributed by atoms with Crippen LogP contribution in [0, 0.1) is 17.8 Å². The highest BCUT2D eigenvalue weighted by atomic mass is 35.5. The first-order valence-electron chi connectivity index (χ1n) is 6.46. The average molecular weight is 263 g/mol. The third kappa shape index (κ3) is 1.71. The Bertz CT molecular complexity index is 535. The molecule has 1 aromatic carbocycles. The normalized spacial score (nSPS) is 30.9. The first-order chi connectivity index (χ1) is 8.58. The maximum absolute atomic E-state index is 12.5. The van der Waals surface area contributed by atoms with Gasteiger partial charge in [0, 0.05) is 28.0 Å². The van der Waals surface area contributed by atoms with E-state index in [1.54, 1.807) is 18.2 Å². The van der Waals surface area contributed by atoms with Gasteiger partial charge in [-0.25, -0.2) is 0 Å². The lowest BCUT2D eigenvalue weighted by Gasteiger charge is -2.36. The Morgan fingerprint density at radius 3 is 2.56 bits per heavy atom. The number of rotatable bonds is 0. The molecule has 0 amide bonds. The van der Waals surface area contributed by atoms with E-state index in [9.17, 15) is 9.59 Å². The zero-order chi connectivity index (χ0) is 12.9. The Hall–Kier alpha value is -1.15. The molecule has 3 atom stereocenters. The van der Waals surface area contributed by atoms with Crippen LogP contribution in [0.3, 0.4) is 0 Å². The summed E-state index contributed by atoms with van der Waals surface area (Å²) >= 11 is 5.92. The number of Topliss-reactive ketones (excluding diaryl/α,β-unsaturated/α-hetero) is 2. The zero-order valence-electron chi connectivity index (χ0n) is 10.3. The minimum absolute atomic E-state index is 0.102. The summed E-state index contributed by atoms with van der Waals surface area (Å²) < 4.78 is 0. The molecule has 3 unspecified atom stereocenters. The molecule has 3 rings (SSSR count). The molecule has 1 aromatic rings. The first kappa shape index (κ1) is 11.9. The van der Waals surface area contributed by atoms with Gasteiger partial charge in [-0.3, -0.25) is 9.59 Å². The van der Waals surface area contributed by atoms with Gasteiger partial charge < -0.3 is 0 Å². The molecule has 0 heterocycles. The maximum atomic E-state index is 12.5. The molecular weight excluding hydrogens is 248 g/mol. The smallest absolute Gasteiger partial charge is 0.167 e. The van der Waals surface area contributed by atoms with E-state index < -0.39 is 0 Å². The minimum atomic E-state index is -0.111. The fraction of sp³-hybridized carbons (Fsp3) is 0.467. The minimum Gasteiger partial charge on any atom is -0.294 e. The molecule has 94 valence electrons. The summed E-state index contributed by atoms with van der Waals surface area (Å²) in [7, 11) is 0. The largest absolute Gasteiger partial charge is 0.294 e. The SMILES string of the molecule is CC1CCC2C(=O)c3cc(Cl)ccc3C(=O)C2C1. The van der Waals surface area contributed by atoms with Gasteiger partial charge in [-0.1, -0.05) is 18.5 Å². The molecular formula is C15H15ClO2. The predicted octanol–water partition coefficient (Wildman–Crippen LogP) is 3.77. The molecule has 2 aliphatic rings. The lowest BCUT2D eigenvalue weighted by atomic mass is 9.65. The highest BCUT2D eigenvalue weighted by molar-refractivity contribution is 6.31. The van der Waals surface area contributed by atoms with Crippen LogP contribution in [-0.2, 0) is 0 Å². The highest BCUT2D eigenvalue weighted by Crippen LogP contribution is 2.42. The van der Waals surface area contributed by atoms with E-state index in [2.05, 4.69) is 6.92 Å². The molecule has 2 nitrogen and oxygen atoms in total. The number of halogens is 1. The molecule has 2 aliphatic carbocycles. The summed E-state index contributed by atoms with van der Waals surface area (Å²) in [6, 6.07) is 5.04. The van der Waals surface area contributed by atoms with Crippen molar-refractivity contribution >= 4 is 23.2 Å². The van der Waals surface area contributed by atoms with Crippen molar-refractivity contribution < 1.29 is 9.59 Å². The van der Waals surface area contributed by atoms with Gasteiger partial charge in [-0.2, -0.15) is 0 Å². The zero-order valence-corrected chi connectivity index (χ0v) is 11.0. The van der Waals surface area contributed by atoms with Crippen LogP contribution in [0.2, 0.25) is 5.02 Å². The first-order valence-corrected chi connectivity index (χ1v) is 6.83. The van der Waals surface area contributed by atoms with Gasteiger partial charge in [-0.15, -0.1) is 0 Å². The van der Waals surface area contributed by atoms with E-state index >= 15 is 0 Å². The predicted molar refractivity (Wildman–Crippen MR) is 70.1 cm³/mol. The third-order valence-electron chi connectivity index (χ3n) is 4.30. The lowest BCUT2D eigenvalue weighted by molar-refractivity contribution is 0.0638. The van der Waals surface area contributed by atoms with Crippen molar-refractivity contribution in [2.45, 2.75) is 26.2 Å². The Balaban J connectivity index is 2.09. The van der Waals surface area contributed by atoms with E-state index in [4.69, 9.17) is 11.6 Å². The summed E-state index contributed by atoms with van der Waals surface area (Å²) in [5.41, 5.74) is 1.10. The molecule has 1 saturated carbocycles. The van der Waals surface area contributed by atoms with Crippen LogP contribution in [-0.4, -0.2) is 11.6 Å². The number of carbonyl (C=O) groups is 2. The fourth-order valence-corrected chi connectivity index (χ4v) is 3.49. The Kier molecular flexibility index (Phi) is 2.78. The van der Waals surface area contributed by atoms with Crippen molar-refractivity contribution in [3.05, 3.63) is 34.3 Å². The topological polar surface area (TPSA) is 34.1 Å². The fourth-order valence-electron chi connectivity index (χ4n) is 3.32. The molecule has 0 N–H and O–H groups in total. The molecule has 18 heavy (non-hydrogen) atoms. The van der Waals surface area contributed by atoms with Gasteiger partial charge in [0.25, 0.3) is 0 Å². The number of hydrogen-bond acceptors (Lipinski definition) is 2. The van der Waals surface area contributed by atoms with Crippen molar-refractivity contribution in [2.24, 2.45) is 17.8 Å². The van der Waals surface area contributed by atoms with Gasteiger partial charge in [-0.05, 0) is 43.4 Å². The van der Waals surface area contributed by atoms with Crippen molar-refractivity contribution in [1.29, 1.82) is 0 Å². The maximum Gasteiger partial charge on any atom is 0.167 e. The highest BCUT2D eigenvalue weighted by Gasteiger charge is 2.43. The van der Waals surface area contributed by atoms with Crippen LogP contribution in [0.5, 0.6) is 0 Å². The van der Waals surface area contributed by atoms with Crippen LogP contribution < -0.4 is 0 Å². The number of hydrogen-bond donors (Lipinski definition) is 0. The van der Waals surface area contributed by atoms with Crippen LogP contribution >= 0.6 is 11.6 Å². The van der Waals surface area contributed by atoms with E-state index in [0.717, 1.165) is 19.3 Å². The van der Waals surface area contributed by atoms with Crippen LogP contribution in [0.25, 0.3) is 0 Å². The van der Waals surface area contributed by atoms with Crippen LogP contribution in [0.1, 0.15) is 46.9 Å². The molecule has 0 radical (unpaired) electrons. The summed E-state index contributed by atoms with van der Waals surface area (Å²) in [6.45, 7) is 2.16. The van der Waals surface area contributed by atoms with E-state index in [0.29, 0.717) is 22.1 Å². The Labute approximate surface area is 111 Å². The van der Waals surface area contributed by atoms with Gasteiger partial charge >= 0.3 is 0 Å². The van der Waals surface area contributed by atoms with Crippen molar-refractivity contribution in [1.82, 2.24) is 0 Å². The number of benzene rings is 1. The molecule has 0 spiro atoms. The van der Waals surface area contributed by atoms with Crippen molar-refractivity contribution in [2.75, 3.05) is 0 Å². The number of ketones is 2. The summed E-state index contributed by atoms with van der Waals surface area (Å²) in [6.07, 6.45) is 2.72. The molecule has 0 saturated heterocycles. The number of carbonyl (C=O) groups excluding carboxylic acids is 2. The molecule has 3 heteroatoms. The van der Waals surface area contributed by atoms with Crippen LogP contribution in [0.4, 0.5) is 0 Å². The number of fused-ring (bicyclic) bond motifs is 2. The monoisotopic (exact) mass is 262 g/mol. The van der Waals surface area contributed by atoms with Gasteiger partial charge in [0.1, 0.15) is 0 Å². The Morgan fingerprint density at radius 1 is 1.06 bits per heavy atom. The summed E-state index contributed by atoms with van der Waals surface area (Å²) in [5.74, 6) is 0.577. The summed E-state index contributed by atoms with van der Waals surface area (Å²) in [5, 5.41) is 0.525. The third-order valence-corrected chi connectivity index (χ3v) is 4.53. The second-order valence-electron chi connectivity index (χ2n) is 5.55. The van der Waals surface area contributed by atoms with Crippen molar-refractivity contribution in [3.63, 3.8) is 0 Å². The van der Waals surface area contributed by atoms with E-state index in [-0.39, 0.29) is 23.4 Å².